The van der Waals surface area contributed by atoms with Crippen LogP contribution in [-0.4, -0.2) is 44.4 Å². The van der Waals surface area contributed by atoms with Gasteiger partial charge in [-0.3, -0.25) is 5.10 Å². The molecule has 0 radical (unpaired) electrons. The molecule has 5 rings (SSSR count). The zero-order valence-electron chi connectivity index (χ0n) is 27.5. The van der Waals surface area contributed by atoms with Gasteiger partial charge in [0.1, 0.15) is 40.5 Å². The van der Waals surface area contributed by atoms with Crippen molar-refractivity contribution < 1.29 is 14.0 Å². The third-order valence-corrected chi connectivity index (χ3v) is 6.48. The van der Waals surface area contributed by atoms with E-state index < -0.39 is 11.0 Å². The van der Waals surface area contributed by atoms with Crippen molar-refractivity contribution >= 4 is 52.1 Å². The number of H-pyrrole nitrogens is 1. The van der Waals surface area contributed by atoms with Crippen LogP contribution in [0.4, 0.5) is 0 Å². The molecule has 0 amide bonds. The Bertz CT molecular complexity index is 1080. The average Bonchev–Trinajstić information content (AvgIpc) is 3.76. The minimum atomic E-state index is -0.497. The number of hydroxylamine groups is 3. The van der Waals surface area contributed by atoms with Crippen molar-refractivity contribution in [1.82, 2.24) is 36.3 Å². The summed E-state index contributed by atoms with van der Waals surface area (Å²) < 4.78 is 12.1. The number of aromatic amines is 1. The zero-order valence-corrected chi connectivity index (χ0v) is 29.2. The Morgan fingerprint density at radius 1 is 0.682 bits per heavy atom. The van der Waals surface area contributed by atoms with Gasteiger partial charge in [-0.25, -0.2) is 26.4 Å². The number of rotatable bonds is 5. The van der Waals surface area contributed by atoms with Crippen LogP contribution in [0, 0.1) is 23.7 Å². The van der Waals surface area contributed by atoms with Crippen LogP contribution in [0.2, 0.25) is 0 Å². The number of aliphatic imine (C=N–C) groups is 3. The summed E-state index contributed by atoms with van der Waals surface area (Å²) in [4.78, 5) is 25.6. The van der Waals surface area contributed by atoms with Crippen molar-refractivity contribution in [2.75, 3.05) is 0 Å². The predicted molar refractivity (Wildman–Crippen MR) is 185 cm³/mol. The lowest BCUT2D eigenvalue weighted by Crippen LogP contribution is -2.21. The minimum Gasteiger partial charge on any atom is -0.361 e. The molecule has 0 bridgehead atoms. The van der Waals surface area contributed by atoms with Crippen LogP contribution >= 0.6 is 22.9 Å². The van der Waals surface area contributed by atoms with E-state index in [4.69, 9.17) is 14.0 Å². The molecule has 4 aliphatic heterocycles. The minimum absolute atomic E-state index is 0.379. The van der Waals surface area contributed by atoms with E-state index in [1.54, 1.807) is 0 Å². The molecule has 14 nitrogen and oxygen atoms in total. The smallest absolute Gasteiger partial charge is 0.240 e. The Kier molecular flexibility index (Phi) is 17.1. The number of amidine groups is 4. The van der Waals surface area contributed by atoms with Crippen molar-refractivity contribution in [2.24, 2.45) is 43.0 Å². The largest absolute Gasteiger partial charge is 0.361 e. The first kappa shape index (κ1) is 38.4. The number of nitrogens with one attached hydrogen (secondary N) is 5. The highest BCUT2D eigenvalue weighted by molar-refractivity contribution is 8.09. The van der Waals surface area contributed by atoms with E-state index >= 15 is 0 Å². The topological polar surface area (TPSA) is 167 Å². The van der Waals surface area contributed by atoms with E-state index in [1.165, 1.54) is 18.3 Å². The van der Waals surface area contributed by atoms with Crippen molar-refractivity contribution in [3.8, 4) is 0 Å². The van der Waals surface area contributed by atoms with E-state index in [-0.39, 0.29) is 0 Å². The van der Waals surface area contributed by atoms with Gasteiger partial charge in [0.05, 0.1) is 11.0 Å². The third kappa shape index (κ3) is 15.2. The van der Waals surface area contributed by atoms with Gasteiger partial charge in [-0.1, -0.05) is 75.8 Å². The van der Waals surface area contributed by atoms with Gasteiger partial charge >= 0.3 is 0 Å². The lowest BCUT2D eigenvalue weighted by atomic mass is 10.2. The number of aromatic nitrogens is 3. The molecule has 44 heavy (non-hydrogen) atoms. The van der Waals surface area contributed by atoms with E-state index in [9.17, 15) is 0 Å². The first-order chi connectivity index (χ1) is 20.6. The molecular formula is C28H49N11O3S2. The third-order valence-electron chi connectivity index (χ3n) is 5.17. The molecule has 0 spiro atoms. The highest BCUT2D eigenvalue weighted by Crippen LogP contribution is 2.20. The number of nitrogens with zero attached hydrogens (tertiary/aromatic N) is 6. The van der Waals surface area contributed by atoms with Crippen LogP contribution in [0.1, 0.15) is 81.0 Å². The Labute approximate surface area is 268 Å². The average molecular weight is 652 g/mol. The Morgan fingerprint density at radius 3 is 1.36 bits per heavy atom. The predicted octanol–water partition coefficient (Wildman–Crippen LogP) is 5.89. The lowest BCUT2D eigenvalue weighted by molar-refractivity contribution is 0.176. The van der Waals surface area contributed by atoms with Crippen LogP contribution in [0.15, 0.2) is 62.2 Å². The fourth-order valence-corrected chi connectivity index (χ4v) is 3.90. The molecule has 1 atom stereocenters. The monoisotopic (exact) mass is 651 g/mol. The fraction of sp³-hybridized carbons (Fsp3) is 0.536. The Morgan fingerprint density at radius 2 is 1.18 bits per heavy atom. The fourth-order valence-electron chi connectivity index (χ4n) is 2.57. The summed E-state index contributed by atoms with van der Waals surface area (Å²) in [5, 5.41) is 7.34. The van der Waals surface area contributed by atoms with Gasteiger partial charge in [0.15, 0.2) is 0 Å². The van der Waals surface area contributed by atoms with Gasteiger partial charge < -0.3 is 14.4 Å². The zero-order chi connectivity index (χ0) is 33.4. The second-order valence-corrected chi connectivity index (χ2v) is 12.8. The summed E-state index contributed by atoms with van der Waals surface area (Å²) in [6, 6.07) is 0. The lowest BCUT2D eigenvalue weighted by Gasteiger charge is -2.01. The van der Waals surface area contributed by atoms with E-state index in [1.807, 2.05) is 27.7 Å². The van der Waals surface area contributed by atoms with Crippen LogP contribution in [-0.2, 0) is 14.0 Å². The summed E-state index contributed by atoms with van der Waals surface area (Å²) in [7, 11) is -0.497. The molecule has 246 valence electrons. The van der Waals surface area contributed by atoms with Crippen molar-refractivity contribution in [1.29, 1.82) is 0 Å². The van der Waals surface area contributed by atoms with E-state index in [2.05, 4.69) is 123 Å². The highest BCUT2D eigenvalue weighted by atomic mass is 32.2. The van der Waals surface area contributed by atoms with Crippen LogP contribution < -0.4 is 21.2 Å². The number of hydrogen-bond donors (Lipinski definition) is 5. The summed E-state index contributed by atoms with van der Waals surface area (Å²) >= 11 is 1.49. The van der Waals surface area contributed by atoms with Gasteiger partial charge in [-0.2, -0.15) is 23.8 Å². The molecule has 16 heteroatoms. The van der Waals surface area contributed by atoms with Crippen molar-refractivity contribution in [2.45, 2.75) is 75.2 Å². The normalized spacial score (nSPS) is 18.0. The summed E-state index contributed by atoms with van der Waals surface area (Å²) in [6.45, 7) is 31.3. The van der Waals surface area contributed by atoms with Crippen molar-refractivity contribution in [3.63, 3.8) is 0 Å². The van der Waals surface area contributed by atoms with Gasteiger partial charge in [0, 0.05) is 41.5 Å². The molecule has 0 saturated heterocycles. The SMILES string of the molecule is C=C1N=C(C(C)C)NO1.C=C1N=C(C(C)C)NO1.C=C1N=C(C(C)C)NS1.C=S1N=C(C(C)C)NO1.CC(C)c1ncn[nH]1. The maximum absolute atomic E-state index is 4.89. The molecule has 1 aromatic heterocycles. The van der Waals surface area contributed by atoms with E-state index in [0.29, 0.717) is 41.4 Å². The molecule has 0 saturated carbocycles. The second kappa shape index (κ2) is 19.6. The molecular weight excluding hydrogens is 603 g/mol. The summed E-state index contributed by atoms with van der Waals surface area (Å²) in [5.41, 5.74) is 8.02. The molecule has 0 aromatic carbocycles. The molecule has 1 aromatic rings. The quantitative estimate of drug-likeness (QED) is 0.191. The molecule has 4 aliphatic rings. The van der Waals surface area contributed by atoms with Gasteiger partial charge in [0.2, 0.25) is 11.8 Å². The highest BCUT2D eigenvalue weighted by Gasteiger charge is 2.14. The Balaban J connectivity index is 0.000000275. The second-order valence-electron chi connectivity index (χ2n) is 10.9. The first-order valence-corrected chi connectivity index (χ1v) is 16.2. The van der Waals surface area contributed by atoms with Crippen molar-refractivity contribution in [3.05, 3.63) is 48.7 Å². The van der Waals surface area contributed by atoms with Crippen LogP contribution in [0.5, 0.6) is 0 Å². The number of hydrogen-bond acceptors (Lipinski definition) is 14. The van der Waals surface area contributed by atoms with Crippen LogP contribution in [0.25, 0.3) is 0 Å². The Hall–Kier alpha value is -3.63. The maximum atomic E-state index is 4.89. The maximum Gasteiger partial charge on any atom is 0.240 e. The molecule has 0 aliphatic carbocycles. The molecule has 1 unspecified atom stereocenters. The summed E-state index contributed by atoms with van der Waals surface area (Å²) in [6.07, 6.45) is 1.52. The first-order valence-electron chi connectivity index (χ1n) is 14.1. The summed E-state index contributed by atoms with van der Waals surface area (Å²) in [5.74, 6) is 11.2. The van der Waals surface area contributed by atoms with Gasteiger partial charge in [-0.05, 0) is 19.0 Å². The van der Waals surface area contributed by atoms with Gasteiger partial charge in [-0.15, -0.1) is 0 Å². The van der Waals surface area contributed by atoms with E-state index in [0.717, 1.165) is 34.2 Å². The molecule has 5 N–H and O–H groups in total. The molecule has 5 heterocycles. The standard InChI is InChI=1S/2C6H10N2O.C6H10N2S.C5H9N3.C5H10N2OS/c3*1-4(2)6-7-5(3)9-8-6;1-4(2)5-6-3-7-8-5;1-4(2)5-6-8-9(3)7-5/h3*4H,3H2,1-2H3,(H,7,8);3-4H,1-2H3,(H,6,7,8);4H,3H2,1-2H3,(H,6,7). The van der Waals surface area contributed by atoms with Gasteiger partial charge in [0.25, 0.3) is 0 Å². The molecule has 0 fully saturated rings. The van der Waals surface area contributed by atoms with Crippen LogP contribution in [0.3, 0.4) is 0 Å².